The summed E-state index contributed by atoms with van der Waals surface area (Å²) in [6.07, 6.45) is 3.30. The smallest absolute Gasteiger partial charge is 0.329 e. The van der Waals surface area contributed by atoms with E-state index in [-0.39, 0.29) is 12.3 Å². The van der Waals surface area contributed by atoms with Gasteiger partial charge in [0.05, 0.1) is 12.1 Å². The topological polar surface area (TPSA) is 96.3 Å². The Morgan fingerprint density at radius 3 is 2.40 bits per heavy atom. The second-order valence-electron chi connectivity index (χ2n) is 7.02. The number of amides is 4. The molecule has 2 atom stereocenters. The van der Waals surface area contributed by atoms with Crippen LogP contribution in [0.3, 0.4) is 0 Å². The van der Waals surface area contributed by atoms with Crippen LogP contribution in [0.5, 0.6) is 0 Å². The molecule has 30 heavy (non-hydrogen) atoms. The Labute approximate surface area is 173 Å². The van der Waals surface area contributed by atoms with Gasteiger partial charge in [0.1, 0.15) is 17.9 Å². The van der Waals surface area contributed by atoms with Crippen LogP contribution in [0, 0.1) is 0 Å². The van der Waals surface area contributed by atoms with Crippen LogP contribution in [-0.4, -0.2) is 33.4 Å². The van der Waals surface area contributed by atoms with Gasteiger partial charge in [-0.25, -0.2) is 14.7 Å². The number of imide groups is 1. The molecule has 0 bridgehead atoms. The minimum Gasteiger partial charge on any atom is -0.342 e. The summed E-state index contributed by atoms with van der Waals surface area (Å²) < 4.78 is 1.83. The van der Waals surface area contributed by atoms with Crippen molar-refractivity contribution in [3.63, 3.8) is 0 Å². The normalized spacial score (nSPS) is 17.0. The molecule has 1 aliphatic rings. The summed E-state index contributed by atoms with van der Waals surface area (Å²) in [5.74, 6) is -0.141. The number of anilines is 1. The Hall–Kier alpha value is -3.94. The highest BCUT2D eigenvalue weighted by molar-refractivity contribution is 6.22. The number of rotatable bonds is 6. The molecule has 1 aliphatic heterocycles. The van der Waals surface area contributed by atoms with Crippen molar-refractivity contribution in [3.8, 4) is 0 Å². The van der Waals surface area contributed by atoms with Gasteiger partial charge in [0.15, 0.2) is 0 Å². The van der Waals surface area contributed by atoms with Gasteiger partial charge >= 0.3 is 6.03 Å². The molecule has 1 saturated heterocycles. The lowest BCUT2D eigenvalue weighted by Crippen LogP contribution is -2.38. The summed E-state index contributed by atoms with van der Waals surface area (Å²) in [7, 11) is 1.85. The van der Waals surface area contributed by atoms with Crippen LogP contribution in [0.4, 0.5) is 10.5 Å². The molecule has 4 amide bonds. The zero-order chi connectivity index (χ0) is 21.1. The average molecular weight is 403 g/mol. The van der Waals surface area contributed by atoms with Crippen molar-refractivity contribution in [1.82, 2.24) is 20.2 Å². The molecular weight excluding hydrogens is 382 g/mol. The van der Waals surface area contributed by atoms with Crippen LogP contribution < -0.4 is 15.5 Å². The van der Waals surface area contributed by atoms with Gasteiger partial charge in [-0.3, -0.25) is 9.59 Å². The fraction of sp³-hybridized carbons (Fsp3) is 0.182. The molecule has 1 fully saturated rings. The van der Waals surface area contributed by atoms with E-state index in [9.17, 15) is 14.4 Å². The number of nitrogens with zero attached hydrogens (tertiary/aromatic N) is 3. The lowest BCUT2D eigenvalue weighted by molar-refractivity contribution is -0.126. The summed E-state index contributed by atoms with van der Waals surface area (Å²) >= 11 is 0. The van der Waals surface area contributed by atoms with Crippen LogP contribution >= 0.6 is 0 Å². The lowest BCUT2D eigenvalue weighted by Gasteiger charge is -2.20. The van der Waals surface area contributed by atoms with Crippen molar-refractivity contribution in [3.05, 3.63) is 84.4 Å². The number of aromatic nitrogens is 2. The molecule has 3 aromatic rings. The second-order valence-corrected chi connectivity index (χ2v) is 7.02. The van der Waals surface area contributed by atoms with Gasteiger partial charge < -0.3 is 15.2 Å². The Morgan fingerprint density at radius 2 is 1.77 bits per heavy atom. The third-order valence-corrected chi connectivity index (χ3v) is 4.98. The third-order valence-electron chi connectivity index (χ3n) is 4.98. The summed E-state index contributed by atoms with van der Waals surface area (Å²) in [6, 6.07) is 16.2. The number of carbonyl (C=O) groups excluding carboxylic acids is 3. The Balaban J connectivity index is 1.50. The van der Waals surface area contributed by atoms with Gasteiger partial charge in [-0.15, -0.1) is 0 Å². The Kier molecular flexibility index (Phi) is 5.30. The fourth-order valence-electron chi connectivity index (χ4n) is 3.49. The molecular formula is C22H21N5O3. The maximum absolute atomic E-state index is 12.8. The number of hydrogen-bond donors (Lipinski definition) is 2. The van der Waals surface area contributed by atoms with E-state index in [1.54, 1.807) is 42.7 Å². The summed E-state index contributed by atoms with van der Waals surface area (Å²) in [5.41, 5.74) is 1.34. The van der Waals surface area contributed by atoms with E-state index in [1.165, 1.54) is 0 Å². The fourth-order valence-corrected chi connectivity index (χ4v) is 3.49. The van der Waals surface area contributed by atoms with Gasteiger partial charge in [0.25, 0.3) is 5.91 Å². The number of para-hydroxylation sites is 1. The molecule has 1 aromatic heterocycles. The van der Waals surface area contributed by atoms with Gasteiger partial charge in [-0.1, -0.05) is 48.5 Å². The molecule has 0 radical (unpaired) electrons. The van der Waals surface area contributed by atoms with Gasteiger partial charge in [-0.2, -0.15) is 0 Å². The minimum absolute atomic E-state index is 0.165. The summed E-state index contributed by atoms with van der Waals surface area (Å²) in [6.45, 7) is 0. The number of urea groups is 1. The van der Waals surface area contributed by atoms with Crippen molar-refractivity contribution >= 4 is 23.5 Å². The molecule has 0 spiro atoms. The SMILES string of the molecule is Cn1ccnc1[C@@H](NC(=O)C[C@H]1NC(=O)N(c2ccccc2)C1=O)c1ccccc1. The summed E-state index contributed by atoms with van der Waals surface area (Å²) in [5, 5.41) is 5.55. The van der Waals surface area contributed by atoms with Gasteiger partial charge in [0.2, 0.25) is 5.91 Å². The van der Waals surface area contributed by atoms with E-state index in [2.05, 4.69) is 15.6 Å². The van der Waals surface area contributed by atoms with E-state index >= 15 is 0 Å². The van der Waals surface area contributed by atoms with Crippen molar-refractivity contribution in [2.75, 3.05) is 4.90 Å². The zero-order valence-electron chi connectivity index (χ0n) is 16.4. The highest BCUT2D eigenvalue weighted by Crippen LogP contribution is 2.22. The molecule has 2 N–H and O–H groups in total. The van der Waals surface area contributed by atoms with Crippen LogP contribution in [0.25, 0.3) is 0 Å². The van der Waals surface area contributed by atoms with E-state index < -0.39 is 24.0 Å². The van der Waals surface area contributed by atoms with Gasteiger partial charge in [-0.05, 0) is 17.7 Å². The molecule has 4 rings (SSSR count). The van der Waals surface area contributed by atoms with E-state index in [4.69, 9.17) is 0 Å². The molecule has 152 valence electrons. The third kappa shape index (κ3) is 3.80. The first kappa shape index (κ1) is 19.4. The number of aryl methyl sites for hydroxylation is 1. The average Bonchev–Trinajstić information content (AvgIpc) is 3.30. The highest BCUT2D eigenvalue weighted by Gasteiger charge is 2.40. The van der Waals surface area contributed by atoms with E-state index in [0.717, 1.165) is 10.5 Å². The number of hydrogen-bond acceptors (Lipinski definition) is 4. The molecule has 8 nitrogen and oxygen atoms in total. The summed E-state index contributed by atoms with van der Waals surface area (Å²) in [4.78, 5) is 43.3. The maximum atomic E-state index is 12.8. The molecule has 2 heterocycles. The number of benzene rings is 2. The predicted molar refractivity (Wildman–Crippen MR) is 111 cm³/mol. The standard InChI is InChI=1S/C22H21N5O3/c1-26-13-12-23-20(26)19(15-8-4-2-5-9-15)25-18(28)14-17-21(29)27(22(30)24-17)16-10-6-3-7-11-16/h2-13,17,19H,14H2,1H3,(H,24,30)(H,25,28)/t17-,19+/m1/s1. The van der Waals surface area contributed by atoms with Crippen molar-refractivity contribution in [2.24, 2.45) is 7.05 Å². The molecule has 0 unspecified atom stereocenters. The first-order valence-corrected chi connectivity index (χ1v) is 9.55. The minimum atomic E-state index is -0.921. The van der Waals surface area contributed by atoms with Crippen molar-refractivity contribution < 1.29 is 14.4 Å². The zero-order valence-corrected chi connectivity index (χ0v) is 16.4. The number of carbonyl (C=O) groups is 3. The number of nitrogens with one attached hydrogen (secondary N) is 2. The quantitative estimate of drug-likeness (QED) is 0.617. The maximum Gasteiger partial charge on any atom is 0.329 e. The van der Waals surface area contributed by atoms with Gasteiger partial charge in [0, 0.05) is 19.4 Å². The number of imidazole rings is 1. The molecule has 2 aromatic carbocycles. The largest absolute Gasteiger partial charge is 0.342 e. The molecule has 0 aliphatic carbocycles. The van der Waals surface area contributed by atoms with Crippen molar-refractivity contribution in [1.29, 1.82) is 0 Å². The Morgan fingerprint density at radius 1 is 1.10 bits per heavy atom. The molecule has 8 heteroatoms. The van der Waals surface area contributed by atoms with E-state index in [0.29, 0.717) is 11.5 Å². The van der Waals surface area contributed by atoms with Crippen LogP contribution in [0.1, 0.15) is 23.9 Å². The molecule has 0 saturated carbocycles. The highest BCUT2D eigenvalue weighted by atomic mass is 16.2. The van der Waals surface area contributed by atoms with E-state index in [1.807, 2.05) is 41.9 Å². The first-order chi connectivity index (χ1) is 14.5. The van der Waals surface area contributed by atoms with Crippen LogP contribution in [0.2, 0.25) is 0 Å². The first-order valence-electron chi connectivity index (χ1n) is 9.55. The lowest BCUT2D eigenvalue weighted by atomic mass is 10.1. The van der Waals surface area contributed by atoms with Crippen molar-refractivity contribution in [2.45, 2.75) is 18.5 Å². The second kappa shape index (κ2) is 8.20. The predicted octanol–water partition coefficient (Wildman–Crippen LogP) is 2.14. The van der Waals surface area contributed by atoms with Crippen LogP contribution in [-0.2, 0) is 16.6 Å². The monoisotopic (exact) mass is 403 g/mol. The Bertz CT molecular complexity index is 1060. The van der Waals surface area contributed by atoms with Crippen LogP contribution in [0.15, 0.2) is 73.1 Å².